The lowest BCUT2D eigenvalue weighted by molar-refractivity contribution is 0.102. The zero-order valence-electron chi connectivity index (χ0n) is 13.3. The molecule has 3 aromatic rings. The molecule has 0 aliphatic rings. The molecule has 122 valence electrons. The predicted molar refractivity (Wildman–Crippen MR) is 92.6 cm³/mol. The Kier molecular flexibility index (Phi) is 4.81. The van der Waals surface area contributed by atoms with E-state index in [2.05, 4.69) is 20.5 Å². The van der Waals surface area contributed by atoms with Crippen LogP contribution in [0.25, 0.3) is 0 Å². The van der Waals surface area contributed by atoms with Crippen LogP contribution in [0.15, 0.2) is 42.6 Å². The standard InChI is InChI=1S/C17H16N4O2S/c1-11-6-7-13(10-18-11)16(22)19-17-21-20-15(24-17)9-12-4-3-5-14(8-12)23-2/h3-8,10H,9H2,1-2H3,(H,19,21,22). The van der Waals surface area contributed by atoms with Crippen LogP contribution in [-0.4, -0.2) is 28.2 Å². The lowest BCUT2D eigenvalue weighted by Crippen LogP contribution is -2.12. The molecule has 0 spiro atoms. The van der Waals surface area contributed by atoms with Crippen molar-refractivity contribution < 1.29 is 9.53 Å². The van der Waals surface area contributed by atoms with Crippen molar-refractivity contribution in [1.29, 1.82) is 0 Å². The fraction of sp³-hybridized carbons (Fsp3) is 0.176. The van der Waals surface area contributed by atoms with Crippen molar-refractivity contribution in [3.63, 3.8) is 0 Å². The van der Waals surface area contributed by atoms with Gasteiger partial charge in [-0.05, 0) is 36.8 Å². The van der Waals surface area contributed by atoms with E-state index in [1.54, 1.807) is 25.4 Å². The van der Waals surface area contributed by atoms with Crippen LogP contribution >= 0.6 is 11.3 Å². The van der Waals surface area contributed by atoms with E-state index in [-0.39, 0.29) is 5.91 Å². The van der Waals surface area contributed by atoms with Gasteiger partial charge in [0.25, 0.3) is 5.91 Å². The number of aromatic nitrogens is 3. The van der Waals surface area contributed by atoms with Gasteiger partial charge in [0, 0.05) is 18.3 Å². The van der Waals surface area contributed by atoms with E-state index in [9.17, 15) is 4.79 Å². The first-order valence-corrected chi connectivity index (χ1v) is 8.15. The number of benzene rings is 1. The van der Waals surface area contributed by atoms with E-state index in [0.717, 1.165) is 22.0 Å². The normalized spacial score (nSPS) is 10.4. The maximum absolute atomic E-state index is 12.1. The lowest BCUT2D eigenvalue weighted by atomic mass is 10.1. The summed E-state index contributed by atoms with van der Waals surface area (Å²) in [6.07, 6.45) is 2.18. The van der Waals surface area contributed by atoms with Gasteiger partial charge in [0.1, 0.15) is 10.8 Å². The molecule has 0 saturated heterocycles. The third-order valence-corrected chi connectivity index (χ3v) is 4.19. The maximum atomic E-state index is 12.1. The highest BCUT2D eigenvalue weighted by molar-refractivity contribution is 7.15. The number of amides is 1. The molecule has 0 aliphatic carbocycles. The number of rotatable bonds is 5. The quantitative estimate of drug-likeness (QED) is 0.772. The highest BCUT2D eigenvalue weighted by atomic mass is 32.1. The smallest absolute Gasteiger partial charge is 0.259 e. The molecule has 0 fully saturated rings. The Morgan fingerprint density at radius 3 is 2.88 bits per heavy atom. The van der Waals surface area contributed by atoms with E-state index in [4.69, 9.17) is 4.74 Å². The average molecular weight is 340 g/mol. The number of hydrogen-bond acceptors (Lipinski definition) is 6. The number of anilines is 1. The van der Waals surface area contributed by atoms with Gasteiger partial charge in [0.05, 0.1) is 12.7 Å². The van der Waals surface area contributed by atoms with Gasteiger partial charge >= 0.3 is 0 Å². The Morgan fingerprint density at radius 2 is 2.12 bits per heavy atom. The van der Waals surface area contributed by atoms with Gasteiger partial charge in [0.15, 0.2) is 0 Å². The molecule has 1 N–H and O–H groups in total. The topological polar surface area (TPSA) is 77.0 Å². The number of aryl methyl sites for hydroxylation is 1. The van der Waals surface area contributed by atoms with Gasteiger partial charge in [-0.25, -0.2) is 0 Å². The SMILES string of the molecule is COc1cccc(Cc2nnc(NC(=O)c3ccc(C)nc3)s2)c1. The van der Waals surface area contributed by atoms with Crippen LogP contribution in [0.1, 0.15) is 26.6 Å². The first-order valence-electron chi connectivity index (χ1n) is 7.33. The largest absolute Gasteiger partial charge is 0.497 e. The van der Waals surface area contributed by atoms with E-state index >= 15 is 0 Å². The number of pyridine rings is 1. The Balaban J connectivity index is 1.66. The summed E-state index contributed by atoms with van der Waals surface area (Å²) >= 11 is 1.35. The maximum Gasteiger partial charge on any atom is 0.259 e. The van der Waals surface area contributed by atoms with Crippen molar-refractivity contribution in [3.8, 4) is 5.75 Å². The minimum Gasteiger partial charge on any atom is -0.497 e. The number of ether oxygens (including phenoxy) is 1. The van der Waals surface area contributed by atoms with Crippen molar-refractivity contribution >= 4 is 22.4 Å². The van der Waals surface area contributed by atoms with Crippen LogP contribution < -0.4 is 10.1 Å². The minimum atomic E-state index is -0.244. The molecule has 2 heterocycles. The molecule has 2 aromatic heterocycles. The number of hydrogen-bond donors (Lipinski definition) is 1. The van der Waals surface area contributed by atoms with Crippen LogP contribution in [0.2, 0.25) is 0 Å². The van der Waals surface area contributed by atoms with Crippen LogP contribution in [0, 0.1) is 6.92 Å². The van der Waals surface area contributed by atoms with Crippen LogP contribution in [0.5, 0.6) is 5.75 Å². The number of methoxy groups -OCH3 is 1. The summed E-state index contributed by atoms with van der Waals surface area (Å²) < 4.78 is 5.21. The highest BCUT2D eigenvalue weighted by Crippen LogP contribution is 2.21. The first kappa shape index (κ1) is 16.1. The zero-order chi connectivity index (χ0) is 16.9. The lowest BCUT2D eigenvalue weighted by Gasteiger charge is -2.02. The second-order valence-corrected chi connectivity index (χ2v) is 6.23. The molecule has 6 nitrogen and oxygen atoms in total. The van der Waals surface area contributed by atoms with Gasteiger partial charge in [-0.3, -0.25) is 15.1 Å². The summed E-state index contributed by atoms with van der Waals surface area (Å²) in [4.78, 5) is 16.3. The van der Waals surface area contributed by atoms with Gasteiger partial charge in [0.2, 0.25) is 5.13 Å². The third-order valence-electron chi connectivity index (χ3n) is 3.35. The van der Waals surface area contributed by atoms with Crippen LogP contribution in [0.3, 0.4) is 0 Å². The molecule has 7 heteroatoms. The molecule has 24 heavy (non-hydrogen) atoms. The monoisotopic (exact) mass is 340 g/mol. The van der Waals surface area contributed by atoms with Crippen LogP contribution in [-0.2, 0) is 6.42 Å². The molecule has 3 rings (SSSR count). The van der Waals surface area contributed by atoms with E-state index in [1.807, 2.05) is 31.2 Å². The number of carbonyl (C=O) groups is 1. The molecule has 0 radical (unpaired) electrons. The predicted octanol–water partition coefficient (Wildman–Crippen LogP) is 3.09. The molecular formula is C17H16N4O2S. The Bertz CT molecular complexity index is 846. The summed E-state index contributed by atoms with van der Waals surface area (Å²) in [6, 6.07) is 11.3. The van der Waals surface area contributed by atoms with Crippen molar-refractivity contribution in [1.82, 2.24) is 15.2 Å². The van der Waals surface area contributed by atoms with E-state index < -0.39 is 0 Å². The zero-order valence-corrected chi connectivity index (χ0v) is 14.1. The molecule has 0 aliphatic heterocycles. The molecule has 0 saturated carbocycles. The summed E-state index contributed by atoms with van der Waals surface area (Å²) in [5, 5.41) is 12.2. The summed E-state index contributed by atoms with van der Waals surface area (Å²) in [6.45, 7) is 1.87. The van der Waals surface area contributed by atoms with Gasteiger partial charge in [-0.1, -0.05) is 23.5 Å². The van der Waals surface area contributed by atoms with Gasteiger partial charge in [-0.15, -0.1) is 10.2 Å². The highest BCUT2D eigenvalue weighted by Gasteiger charge is 2.11. The Labute approximate surface area is 143 Å². The molecule has 1 amide bonds. The van der Waals surface area contributed by atoms with Crippen molar-refractivity contribution in [2.24, 2.45) is 0 Å². The fourth-order valence-corrected chi connectivity index (χ4v) is 2.87. The van der Waals surface area contributed by atoms with E-state index in [0.29, 0.717) is 17.1 Å². The first-order chi connectivity index (χ1) is 11.6. The Morgan fingerprint density at radius 1 is 1.25 bits per heavy atom. The summed E-state index contributed by atoms with van der Waals surface area (Å²) in [5.74, 6) is 0.559. The molecule has 1 aromatic carbocycles. The van der Waals surface area contributed by atoms with E-state index in [1.165, 1.54) is 11.3 Å². The second-order valence-electron chi connectivity index (χ2n) is 5.17. The van der Waals surface area contributed by atoms with Gasteiger partial charge in [-0.2, -0.15) is 0 Å². The molecule has 0 atom stereocenters. The van der Waals surface area contributed by atoms with Crippen molar-refractivity contribution in [2.45, 2.75) is 13.3 Å². The average Bonchev–Trinajstić information content (AvgIpc) is 3.02. The van der Waals surface area contributed by atoms with Crippen LogP contribution in [0.4, 0.5) is 5.13 Å². The fourth-order valence-electron chi connectivity index (χ4n) is 2.10. The van der Waals surface area contributed by atoms with Gasteiger partial charge < -0.3 is 4.74 Å². The molecular weight excluding hydrogens is 324 g/mol. The Hall–Kier alpha value is -2.80. The third kappa shape index (κ3) is 3.94. The second kappa shape index (κ2) is 7.18. The minimum absolute atomic E-state index is 0.244. The van der Waals surface area contributed by atoms with Crippen molar-refractivity contribution in [2.75, 3.05) is 12.4 Å². The number of nitrogens with zero attached hydrogens (tertiary/aromatic N) is 3. The molecule has 0 unspecified atom stereocenters. The number of nitrogens with one attached hydrogen (secondary N) is 1. The summed E-state index contributed by atoms with van der Waals surface area (Å²) in [7, 11) is 1.64. The van der Waals surface area contributed by atoms with Crippen molar-refractivity contribution in [3.05, 3.63) is 64.4 Å². The number of carbonyl (C=O) groups excluding carboxylic acids is 1. The molecule has 0 bridgehead atoms. The summed E-state index contributed by atoms with van der Waals surface area (Å²) in [5.41, 5.74) is 2.43.